The van der Waals surface area contributed by atoms with Gasteiger partial charge in [0.05, 0.1) is 0 Å². The minimum absolute atomic E-state index is 0.286. The van der Waals surface area contributed by atoms with Crippen LogP contribution in [0.3, 0.4) is 0 Å². The monoisotopic (exact) mass is 509 g/mol. The van der Waals surface area contributed by atoms with E-state index in [0.717, 1.165) is 11.1 Å². The number of nitrogens with one attached hydrogen (secondary N) is 1. The van der Waals surface area contributed by atoms with Crippen molar-refractivity contribution in [3.63, 3.8) is 0 Å². The van der Waals surface area contributed by atoms with Gasteiger partial charge in [-0.25, -0.2) is 0 Å². The van der Waals surface area contributed by atoms with Crippen molar-refractivity contribution in [2.24, 2.45) is 0 Å². The van der Waals surface area contributed by atoms with Crippen molar-refractivity contribution in [3.8, 4) is 0 Å². The average molecular weight is 512 g/mol. The first-order valence-corrected chi connectivity index (χ1v) is 27.2. The second-order valence-electron chi connectivity index (χ2n) is 10.9. The Balaban J connectivity index is 2.54. The maximum absolute atomic E-state index is 7.59. The molecule has 1 aromatic carbocycles. The zero-order valence-corrected chi connectivity index (χ0v) is 22.7. The van der Waals surface area contributed by atoms with E-state index in [1.54, 1.807) is 0 Å². The standard InChI is InChI=1S/C9H7.C5H13O2Si.C4H10N.CH3.CH2.2ClH.Zr/c1-2-5-9-7-3-6-8(9)4-1;1-8(2,3)7-5-4-6;1-4(2,3)5;;;;;/h1-7H;4-5H2,1-3H3;5H,1-3H3;1H3;1H2;2*1H;/q;2*-1;;;;;+4/p-2. The fraction of sp³-hybridized carbons (Fsp3) is 0.550. The van der Waals surface area contributed by atoms with Gasteiger partial charge in [0, 0.05) is 0 Å². The van der Waals surface area contributed by atoms with E-state index in [4.69, 9.17) is 24.3 Å². The van der Waals surface area contributed by atoms with Gasteiger partial charge in [-0.1, -0.05) is 0 Å². The average Bonchev–Trinajstić information content (AvgIpc) is 2.85. The summed E-state index contributed by atoms with van der Waals surface area (Å²) in [5, 5.41) is 0. The summed E-state index contributed by atoms with van der Waals surface area (Å²) in [4.78, 5) is 0. The summed E-state index contributed by atoms with van der Waals surface area (Å²) in [6.45, 7) is 13.3. The molecule has 1 aliphatic rings. The molecular weight excluding hydrogens is 476 g/mol. The summed E-state index contributed by atoms with van der Waals surface area (Å²) < 4.78 is 22.1. The van der Waals surface area contributed by atoms with Gasteiger partial charge >= 0.3 is 169 Å². The van der Waals surface area contributed by atoms with Crippen LogP contribution in [0.25, 0.3) is 6.08 Å². The summed E-state index contributed by atoms with van der Waals surface area (Å²) in [5.41, 5.74) is 1.75. The van der Waals surface area contributed by atoms with Gasteiger partial charge in [-0.3, -0.25) is 0 Å². The molecule has 1 N–H and O–H groups in total. The van der Waals surface area contributed by atoms with Crippen molar-refractivity contribution in [3.05, 3.63) is 41.5 Å². The van der Waals surface area contributed by atoms with Crippen LogP contribution < -0.4 is 3.26 Å². The molecule has 154 valence electrons. The van der Waals surface area contributed by atoms with E-state index in [1.807, 2.05) is 43.6 Å². The summed E-state index contributed by atoms with van der Waals surface area (Å²) in [6.07, 6.45) is 4.09. The molecule has 0 saturated carbocycles. The Kier molecular flexibility index (Phi) is 5.23. The molecule has 0 aromatic heterocycles. The van der Waals surface area contributed by atoms with E-state index in [2.05, 4.69) is 45.3 Å². The van der Waals surface area contributed by atoms with Gasteiger partial charge in [0.1, 0.15) is 0 Å². The molecule has 2 rings (SSSR count). The fourth-order valence-electron chi connectivity index (χ4n) is 4.35. The molecule has 0 spiro atoms. The molecule has 1 unspecified atom stereocenters. The Labute approximate surface area is 167 Å². The number of fused-ring (bicyclic) bond motifs is 1. The molecule has 0 aliphatic heterocycles. The van der Waals surface area contributed by atoms with Crippen molar-refractivity contribution in [2.45, 2.75) is 54.2 Å². The first-order chi connectivity index (χ1) is 11.8. The molecule has 0 heterocycles. The Bertz CT molecular complexity index is 889. The van der Waals surface area contributed by atoms with Gasteiger partial charge < -0.3 is 0 Å². The Morgan fingerprint density at radius 2 is 1.74 bits per heavy atom. The van der Waals surface area contributed by atoms with Crippen molar-refractivity contribution < 1.29 is 20.9 Å². The maximum atomic E-state index is 7.59. The molecule has 0 saturated heterocycles. The zero-order chi connectivity index (χ0) is 20.9. The van der Waals surface area contributed by atoms with Gasteiger partial charge in [0.25, 0.3) is 0 Å². The summed E-state index contributed by atoms with van der Waals surface area (Å²) in [7, 11) is 13.5. The molecule has 27 heavy (non-hydrogen) atoms. The summed E-state index contributed by atoms with van der Waals surface area (Å²) >= 11 is -6.27. The number of halogens is 2. The summed E-state index contributed by atoms with van der Waals surface area (Å²) in [6, 6.07) is 8.12. The molecule has 1 aromatic rings. The van der Waals surface area contributed by atoms with Gasteiger partial charge in [-0.05, 0) is 0 Å². The molecule has 0 bridgehead atoms. The van der Waals surface area contributed by atoms with Crippen LogP contribution in [0, 0.1) is 0 Å². The number of hydrogen-bond donors (Lipinski definition) is 1. The van der Waals surface area contributed by atoms with Crippen molar-refractivity contribution in [2.75, 3.05) is 13.2 Å². The Morgan fingerprint density at radius 3 is 2.30 bits per heavy atom. The predicted octanol–water partition coefficient (Wildman–Crippen LogP) is 6.39. The summed E-state index contributed by atoms with van der Waals surface area (Å²) in [5.74, 6) is 0. The van der Waals surface area contributed by atoms with Gasteiger partial charge in [-0.2, -0.15) is 0 Å². The Hall–Kier alpha value is 0.390. The van der Waals surface area contributed by atoms with Crippen LogP contribution in [-0.2, 0) is 20.9 Å². The van der Waals surface area contributed by atoms with Crippen molar-refractivity contribution in [1.29, 1.82) is 0 Å². The third-order valence-electron chi connectivity index (χ3n) is 4.89. The quantitative estimate of drug-likeness (QED) is 0.340. The topological polar surface area (TPSA) is 30.5 Å². The molecular formula is C20H35Cl2NO2SiZr. The minimum atomic E-state index is -6.27. The van der Waals surface area contributed by atoms with E-state index >= 15 is 0 Å². The number of hydrogen-bond acceptors (Lipinski definition) is 3. The molecule has 0 fully saturated rings. The number of benzene rings is 1. The van der Waals surface area contributed by atoms with Crippen LogP contribution in [-0.4, -0.2) is 31.3 Å². The normalized spacial score (nSPS) is 21.8. The van der Waals surface area contributed by atoms with Crippen LogP contribution in [0.2, 0.25) is 24.3 Å². The van der Waals surface area contributed by atoms with E-state index in [0.29, 0.717) is 6.61 Å². The third-order valence-corrected chi connectivity index (χ3v) is 24.5. The van der Waals surface area contributed by atoms with E-state index < -0.39 is 27.5 Å². The van der Waals surface area contributed by atoms with E-state index in [9.17, 15) is 0 Å². The predicted molar refractivity (Wildman–Crippen MR) is 121 cm³/mol. The molecule has 0 radical (unpaired) electrons. The van der Waals surface area contributed by atoms with Crippen molar-refractivity contribution >= 4 is 35.6 Å². The Morgan fingerprint density at radius 1 is 1.15 bits per heavy atom. The molecule has 7 heteroatoms. The molecule has 1 aliphatic carbocycles. The third kappa shape index (κ3) is 5.51. The zero-order valence-electron chi connectivity index (χ0n) is 17.7. The second-order valence-corrected chi connectivity index (χ2v) is 52.0. The molecule has 0 amide bonds. The molecule has 3 nitrogen and oxygen atoms in total. The van der Waals surface area contributed by atoms with Crippen LogP contribution in [0.4, 0.5) is 0 Å². The van der Waals surface area contributed by atoms with Crippen molar-refractivity contribution in [1.82, 2.24) is 3.26 Å². The van der Waals surface area contributed by atoms with Crippen LogP contribution in [0.1, 0.15) is 35.5 Å². The first-order valence-electron chi connectivity index (χ1n) is 9.58. The second kappa shape index (κ2) is 5.97. The van der Waals surface area contributed by atoms with Crippen LogP contribution in [0.5, 0.6) is 0 Å². The van der Waals surface area contributed by atoms with Crippen LogP contribution in [0.15, 0.2) is 30.3 Å². The molecule has 1 atom stereocenters. The fourth-order valence-corrected chi connectivity index (χ4v) is 26.0. The van der Waals surface area contributed by atoms with Gasteiger partial charge in [0.15, 0.2) is 0 Å². The van der Waals surface area contributed by atoms with E-state index in [-0.39, 0.29) is 10.2 Å². The number of rotatable bonds is 7. The number of allylic oxidation sites excluding steroid dienone is 1. The van der Waals surface area contributed by atoms with E-state index in [1.165, 1.54) is 0 Å². The first kappa shape index (κ1) is 23.7. The SMILES string of the molecule is [CH2]=[Zr]([CH3])([Cl])([Cl])([NH]C(C)(C)C)([O]CCO[Si](C)(C)C)[CH]1C=Cc2ccccc21. The van der Waals surface area contributed by atoms with Gasteiger partial charge in [-0.15, -0.1) is 0 Å². The van der Waals surface area contributed by atoms with Gasteiger partial charge in [0.2, 0.25) is 0 Å². The van der Waals surface area contributed by atoms with Crippen LogP contribution >= 0.6 is 17.0 Å².